The monoisotopic (exact) mass is 253 g/mol. The molecule has 0 aliphatic carbocycles. The van der Waals surface area contributed by atoms with Gasteiger partial charge in [-0.1, -0.05) is 6.42 Å². The maximum Gasteiger partial charge on any atom is 0.157 e. The summed E-state index contributed by atoms with van der Waals surface area (Å²) < 4.78 is 10.9. The molecule has 4 nitrogen and oxygen atoms in total. The Morgan fingerprint density at radius 3 is 2.72 bits per heavy atom. The van der Waals surface area contributed by atoms with E-state index in [-0.39, 0.29) is 18.2 Å². The van der Waals surface area contributed by atoms with Gasteiger partial charge in [0.05, 0.1) is 19.3 Å². The molecule has 0 amide bonds. The van der Waals surface area contributed by atoms with E-state index in [1.54, 1.807) is 0 Å². The first-order chi connectivity index (χ1) is 8.84. The van der Waals surface area contributed by atoms with Crippen molar-refractivity contribution in [3.8, 4) is 0 Å². The summed E-state index contributed by atoms with van der Waals surface area (Å²) in [6.07, 6.45) is 6.35. The number of piperidine rings is 2. The molecule has 3 saturated heterocycles. The summed E-state index contributed by atoms with van der Waals surface area (Å²) in [7, 11) is 0. The molecule has 0 radical (unpaired) electrons. The highest BCUT2D eigenvalue weighted by molar-refractivity contribution is 5.87. The molecule has 0 N–H and O–H groups in total. The van der Waals surface area contributed by atoms with Gasteiger partial charge in [-0.2, -0.15) is 0 Å². The van der Waals surface area contributed by atoms with Crippen molar-refractivity contribution in [1.82, 2.24) is 4.90 Å². The van der Waals surface area contributed by atoms with Crippen LogP contribution in [0.4, 0.5) is 0 Å². The number of hydrogen-bond donors (Lipinski definition) is 0. The lowest BCUT2D eigenvalue weighted by molar-refractivity contribution is -0.134. The molecule has 2 atom stereocenters. The third kappa shape index (κ3) is 2.60. The Morgan fingerprint density at radius 2 is 1.89 bits per heavy atom. The number of hydrogen-bond acceptors (Lipinski definition) is 4. The van der Waals surface area contributed by atoms with Crippen LogP contribution in [0.2, 0.25) is 0 Å². The van der Waals surface area contributed by atoms with E-state index in [1.807, 2.05) is 0 Å². The first-order valence-electron chi connectivity index (χ1n) is 7.35. The summed E-state index contributed by atoms with van der Waals surface area (Å²) in [6, 6.07) is 0.225. The molecule has 18 heavy (non-hydrogen) atoms. The molecular weight excluding hydrogens is 230 g/mol. The molecule has 0 aromatic rings. The molecule has 3 heterocycles. The molecule has 0 saturated carbocycles. The number of carbonyl (C=O) groups excluding carboxylic acids is 1. The van der Waals surface area contributed by atoms with Crippen molar-refractivity contribution in [2.45, 2.75) is 50.9 Å². The Morgan fingerprint density at radius 1 is 1.06 bits per heavy atom. The minimum Gasteiger partial charge on any atom is -0.350 e. The second kappa shape index (κ2) is 5.68. The molecule has 0 bridgehead atoms. The smallest absolute Gasteiger partial charge is 0.157 e. The molecule has 0 aromatic heterocycles. The third-order valence-electron chi connectivity index (χ3n) is 4.55. The van der Waals surface area contributed by atoms with Crippen LogP contribution in [0, 0.1) is 5.92 Å². The van der Waals surface area contributed by atoms with Gasteiger partial charge < -0.3 is 9.47 Å². The van der Waals surface area contributed by atoms with Gasteiger partial charge in [0.15, 0.2) is 12.1 Å². The average molecular weight is 253 g/mol. The Balaban J connectivity index is 1.51. The Hall–Kier alpha value is -0.450. The maximum atomic E-state index is 12.4. The highest BCUT2D eigenvalue weighted by atomic mass is 16.7. The molecular formula is C14H23NO3. The van der Waals surface area contributed by atoms with Crippen molar-refractivity contribution < 1.29 is 14.3 Å². The summed E-state index contributed by atoms with van der Waals surface area (Å²) in [6.45, 7) is 3.64. The van der Waals surface area contributed by atoms with Crippen LogP contribution in [-0.4, -0.2) is 49.3 Å². The van der Waals surface area contributed by atoms with E-state index in [1.165, 1.54) is 12.8 Å². The number of ketones is 1. The number of ether oxygens (including phenoxy) is 2. The number of Topliss-reactive ketones (excluding diaryl/α,β-unsaturated/α-hetero) is 1. The molecule has 2 unspecified atom stereocenters. The van der Waals surface area contributed by atoms with Crippen LogP contribution >= 0.6 is 0 Å². The lowest BCUT2D eigenvalue weighted by Crippen LogP contribution is -2.51. The number of carbonyl (C=O) groups is 1. The maximum absolute atomic E-state index is 12.4. The van der Waals surface area contributed by atoms with Gasteiger partial charge in [0, 0.05) is 5.92 Å². The molecule has 102 valence electrons. The topological polar surface area (TPSA) is 38.8 Å². The summed E-state index contributed by atoms with van der Waals surface area (Å²) in [5, 5.41) is 0. The first kappa shape index (κ1) is 12.6. The van der Waals surface area contributed by atoms with Crippen molar-refractivity contribution >= 4 is 5.78 Å². The number of nitrogens with zero attached hydrogens (tertiary/aromatic N) is 1. The number of fused-ring (bicyclic) bond motifs is 1. The fourth-order valence-corrected chi connectivity index (χ4v) is 3.51. The minimum atomic E-state index is -0.0535. The van der Waals surface area contributed by atoms with Crippen molar-refractivity contribution in [2.24, 2.45) is 5.92 Å². The highest BCUT2D eigenvalue weighted by Crippen LogP contribution is 2.30. The lowest BCUT2D eigenvalue weighted by atomic mass is 9.82. The molecule has 3 fully saturated rings. The zero-order valence-corrected chi connectivity index (χ0v) is 11.0. The van der Waals surface area contributed by atoms with Crippen LogP contribution in [0.3, 0.4) is 0 Å². The van der Waals surface area contributed by atoms with Crippen molar-refractivity contribution in [3.63, 3.8) is 0 Å². The van der Waals surface area contributed by atoms with Crippen LogP contribution in [0.25, 0.3) is 0 Å². The fourth-order valence-electron chi connectivity index (χ4n) is 3.51. The van der Waals surface area contributed by atoms with Crippen LogP contribution in [0.15, 0.2) is 0 Å². The molecule has 3 aliphatic heterocycles. The molecule has 0 spiro atoms. The van der Waals surface area contributed by atoms with E-state index in [4.69, 9.17) is 9.47 Å². The molecule has 4 heteroatoms. The largest absolute Gasteiger partial charge is 0.350 e. The van der Waals surface area contributed by atoms with E-state index in [0.717, 1.165) is 38.8 Å². The summed E-state index contributed by atoms with van der Waals surface area (Å²) >= 11 is 0. The van der Waals surface area contributed by atoms with E-state index >= 15 is 0 Å². The predicted molar refractivity (Wildman–Crippen MR) is 67.3 cm³/mol. The second-order valence-corrected chi connectivity index (χ2v) is 5.68. The van der Waals surface area contributed by atoms with E-state index in [2.05, 4.69) is 4.90 Å². The van der Waals surface area contributed by atoms with Gasteiger partial charge in [-0.3, -0.25) is 9.69 Å². The Kier molecular flexibility index (Phi) is 3.97. The molecule has 0 aromatic carbocycles. The van der Waals surface area contributed by atoms with E-state index < -0.39 is 0 Å². The summed E-state index contributed by atoms with van der Waals surface area (Å²) in [4.78, 5) is 14.8. The molecule has 3 rings (SSSR count). The van der Waals surface area contributed by atoms with Gasteiger partial charge >= 0.3 is 0 Å². The highest BCUT2D eigenvalue weighted by Gasteiger charge is 2.37. The van der Waals surface area contributed by atoms with Crippen molar-refractivity contribution in [2.75, 3.05) is 26.3 Å². The van der Waals surface area contributed by atoms with Crippen LogP contribution < -0.4 is 0 Å². The predicted octanol–water partition coefficient (Wildman–Crippen LogP) is 1.58. The Labute approximate surface area is 109 Å². The quantitative estimate of drug-likeness (QED) is 0.765. The lowest BCUT2D eigenvalue weighted by Gasteiger charge is -2.41. The van der Waals surface area contributed by atoms with Gasteiger partial charge in [-0.05, 0) is 45.2 Å². The van der Waals surface area contributed by atoms with Gasteiger partial charge in [0.2, 0.25) is 0 Å². The molecule has 3 aliphatic rings. The van der Waals surface area contributed by atoms with Crippen LogP contribution in [0.1, 0.15) is 38.5 Å². The van der Waals surface area contributed by atoms with Crippen molar-refractivity contribution in [1.29, 1.82) is 0 Å². The van der Waals surface area contributed by atoms with Gasteiger partial charge in [-0.25, -0.2) is 0 Å². The summed E-state index contributed by atoms with van der Waals surface area (Å²) in [5.41, 5.74) is 0. The fraction of sp³-hybridized carbons (Fsp3) is 0.929. The number of rotatable bonds is 3. The SMILES string of the molecule is O=C1C(CCC2OCCO2)CCN2CCCCC12. The summed E-state index contributed by atoms with van der Waals surface area (Å²) in [5.74, 6) is 0.732. The van der Waals surface area contributed by atoms with Crippen LogP contribution in [0.5, 0.6) is 0 Å². The standard InChI is InChI=1S/C14H23NO3/c16-14-11(4-5-13-17-9-10-18-13)6-8-15-7-2-1-3-12(14)15/h11-13H,1-10H2. The van der Waals surface area contributed by atoms with Gasteiger partial charge in [0.25, 0.3) is 0 Å². The normalized spacial score (nSPS) is 34.8. The van der Waals surface area contributed by atoms with Crippen LogP contribution in [-0.2, 0) is 14.3 Å². The minimum absolute atomic E-state index is 0.0535. The first-order valence-corrected chi connectivity index (χ1v) is 7.35. The van der Waals surface area contributed by atoms with Gasteiger partial charge in [0.1, 0.15) is 0 Å². The zero-order chi connectivity index (χ0) is 12.4. The zero-order valence-electron chi connectivity index (χ0n) is 11.0. The van der Waals surface area contributed by atoms with Crippen molar-refractivity contribution in [3.05, 3.63) is 0 Å². The average Bonchev–Trinajstić information content (AvgIpc) is 2.91. The third-order valence-corrected chi connectivity index (χ3v) is 4.55. The van der Waals surface area contributed by atoms with Gasteiger partial charge in [-0.15, -0.1) is 0 Å². The Bertz CT molecular complexity index is 301. The van der Waals surface area contributed by atoms with E-state index in [0.29, 0.717) is 19.0 Å². The second-order valence-electron chi connectivity index (χ2n) is 5.68. The van der Waals surface area contributed by atoms with E-state index in [9.17, 15) is 4.79 Å².